The first-order valence-corrected chi connectivity index (χ1v) is 25.4. The predicted octanol–water partition coefficient (Wildman–Crippen LogP) is 14.0. The van der Waals surface area contributed by atoms with E-state index in [1.54, 1.807) is 0 Å². The number of nitrogens with zero attached hydrogens (tertiary/aromatic N) is 1. The molecule has 0 spiro atoms. The van der Waals surface area contributed by atoms with Crippen molar-refractivity contribution in [1.29, 1.82) is 0 Å². The van der Waals surface area contributed by atoms with Crippen molar-refractivity contribution in [2.24, 2.45) is 5.92 Å². The molecule has 0 rings (SSSR count). The van der Waals surface area contributed by atoms with Crippen LogP contribution in [0.3, 0.4) is 0 Å². The molecule has 0 aliphatic heterocycles. The molecule has 12 nitrogen and oxygen atoms in total. The van der Waals surface area contributed by atoms with Crippen LogP contribution in [0.5, 0.6) is 0 Å². The fraction of sp³-hybridized carbons (Fsp3) is 0.843. The Morgan fingerprint density at radius 1 is 0.444 bits per heavy atom. The van der Waals surface area contributed by atoms with Crippen molar-refractivity contribution in [3.63, 3.8) is 0 Å². The molecule has 0 heterocycles. The van der Waals surface area contributed by atoms with Crippen LogP contribution in [0.2, 0.25) is 0 Å². The molecule has 0 fully saturated rings. The smallest absolute Gasteiger partial charge is 0.460 e. The third-order valence-electron chi connectivity index (χ3n) is 11.0. The second-order valence-electron chi connectivity index (χ2n) is 16.7. The van der Waals surface area contributed by atoms with Gasteiger partial charge in [0.15, 0.2) is 6.61 Å². The first-order valence-electron chi connectivity index (χ1n) is 25.4. The van der Waals surface area contributed by atoms with E-state index in [-0.39, 0.29) is 39.1 Å². The Morgan fingerprint density at radius 2 is 0.857 bits per heavy atom. The minimum atomic E-state index is -1.08. The predicted molar refractivity (Wildman–Crippen MR) is 253 cm³/mol. The lowest BCUT2D eigenvalue weighted by atomic mass is 10.0. The average molecular weight is 896 g/mol. The molecule has 0 aromatic carbocycles. The third-order valence-corrected chi connectivity index (χ3v) is 11.0. The summed E-state index contributed by atoms with van der Waals surface area (Å²) in [4.78, 5) is 52.2. The highest BCUT2D eigenvalue weighted by atomic mass is 16.7. The molecule has 12 heteroatoms. The Bertz CT molecular complexity index is 1110. The van der Waals surface area contributed by atoms with Crippen molar-refractivity contribution >= 4 is 24.4 Å². The lowest BCUT2D eigenvalue weighted by molar-refractivity contribution is -0.154. The molecule has 63 heavy (non-hydrogen) atoms. The maximum absolute atomic E-state index is 12.7. The molecular formula is C51H93NO11. The number of esters is 1. The second kappa shape index (κ2) is 46.7. The number of hydrogen-bond acceptors (Lipinski definition) is 12. The summed E-state index contributed by atoms with van der Waals surface area (Å²) < 4.78 is 37.1. The van der Waals surface area contributed by atoms with E-state index in [1.807, 2.05) is 0 Å². The first-order chi connectivity index (χ1) is 30.8. The van der Waals surface area contributed by atoms with E-state index in [1.165, 1.54) is 89.9 Å². The number of rotatable bonds is 44. The van der Waals surface area contributed by atoms with Gasteiger partial charge in [-0.1, -0.05) is 162 Å². The molecule has 0 N–H and O–H groups in total. The lowest BCUT2D eigenvalue weighted by Crippen LogP contribution is -2.28. The standard InChI is InChI=1S/C51H93NO11/c1-6-11-14-17-20-21-22-23-24-25-26-27-28-29-32-35-40-57-49(54)59-42-46(43-60-50(55)58-41-36-39-52(9-4)10-5)44-61-51(56)62-45-48(53)63-47(37-33-30-18-15-12-7-2)38-34-31-19-16-13-8-3/h20-21,23-24,46-47H,6-19,22,25-45H2,1-5H3/b21-20-,24-23-. The van der Waals surface area contributed by atoms with Crippen LogP contribution in [0.1, 0.15) is 208 Å². The van der Waals surface area contributed by atoms with E-state index in [0.717, 1.165) is 96.7 Å². The lowest BCUT2D eigenvalue weighted by Gasteiger charge is -2.19. The Hall–Kier alpha value is -3.28. The number of carbonyl (C=O) groups is 4. The van der Waals surface area contributed by atoms with Gasteiger partial charge in [-0.15, -0.1) is 0 Å². The molecule has 1 unspecified atom stereocenters. The summed E-state index contributed by atoms with van der Waals surface area (Å²) in [5.41, 5.74) is 0. The van der Waals surface area contributed by atoms with Gasteiger partial charge in [-0.3, -0.25) is 0 Å². The topological polar surface area (TPSA) is 136 Å². The summed E-state index contributed by atoms with van der Waals surface area (Å²) in [6.45, 7) is 12.4. The van der Waals surface area contributed by atoms with Gasteiger partial charge in [-0.2, -0.15) is 0 Å². The van der Waals surface area contributed by atoms with Crippen LogP contribution in [0.25, 0.3) is 0 Å². The highest BCUT2D eigenvalue weighted by Crippen LogP contribution is 2.17. The zero-order valence-electron chi connectivity index (χ0n) is 40.9. The van der Waals surface area contributed by atoms with E-state index < -0.39 is 37.0 Å². The molecule has 368 valence electrons. The van der Waals surface area contributed by atoms with Gasteiger partial charge in [0.05, 0.1) is 19.1 Å². The monoisotopic (exact) mass is 896 g/mol. The zero-order valence-corrected chi connectivity index (χ0v) is 40.9. The van der Waals surface area contributed by atoms with E-state index in [4.69, 9.17) is 33.2 Å². The summed E-state index contributed by atoms with van der Waals surface area (Å²) in [5, 5.41) is 0. The number of ether oxygens (including phenoxy) is 7. The Morgan fingerprint density at radius 3 is 1.37 bits per heavy atom. The van der Waals surface area contributed by atoms with Gasteiger partial charge >= 0.3 is 24.4 Å². The van der Waals surface area contributed by atoms with Crippen LogP contribution >= 0.6 is 0 Å². The summed E-state index contributed by atoms with van der Waals surface area (Å²) in [6, 6.07) is 0. The highest BCUT2D eigenvalue weighted by molar-refractivity contribution is 5.73. The van der Waals surface area contributed by atoms with Crippen molar-refractivity contribution in [2.75, 3.05) is 59.3 Å². The second-order valence-corrected chi connectivity index (χ2v) is 16.7. The van der Waals surface area contributed by atoms with Gasteiger partial charge in [-0.25, -0.2) is 19.2 Å². The first kappa shape index (κ1) is 59.7. The Balaban J connectivity index is 4.77. The number of unbranched alkanes of at least 4 members (excludes halogenated alkanes) is 19. The zero-order chi connectivity index (χ0) is 46.3. The highest BCUT2D eigenvalue weighted by Gasteiger charge is 2.21. The minimum absolute atomic E-state index is 0.190. The SMILES string of the molecule is CCCCC/C=C\C/C=C\CCCCCCCCOC(=O)OCC(COC(=O)OCCCN(CC)CC)COC(=O)OCC(=O)OC(CCCCCCCC)CCCCCCCC. The molecule has 0 aromatic rings. The maximum Gasteiger partial charge on any atom is 0.508 e. The molecule has 0 saturated heterocycles. The molecule has 0 saturated carbocycles. The summed E-state index contributed by atoms with van der Waals surface area (Å²) in [6.07, 6.45) is 35.4. The Kier molecular flexibility index (Phi) is 44.3. The molecule has 1 atom stereocenters. The minimum Gasteiger partial charge on any atom is -0.460 e. The van der Waals surface area contributed by atoms with Crippen LogP contribution in [0.15, 0.2) is 24.3 Å². The van der Waals surface area contributed by atoms with Gasteiger partial charge in [0.25, 0.3) is 0 Å². The molecule has 0 aliphatic carbocycles. The van der Waals surface area contributed by atoms with Crippen LogP contribution in [0.4, 0.5) is 14.4 Å². The molecule has 0 bridgehead atoms. The molecular weight excluding hydrogens is 803 g/mol. The van der Waals surface area contributed by atoms with Crippen molar-refractivity contribution in [1.82, 2.24) is 4.90 Å². The van der Waals surface area contributed by atoms with E-state index >= 15 is 0 Å². The van der Waals surface area contributed by atoms with Crippen LogP contribution in [-0.4, -0.2) is 94.7 Å². The maximum atomic E-state index is 12.7. The quantitative estimate of drug-likeness (QED) is 0.0249. The third kappa shape index (κ3) is 42.4. The van der Waals surface area contributed by atoms with Gasteiger partial charge in [0.2, 0.25) is 0 Å². The van der Waals surface area contributed by atoms with E-state index in [2.05, 4.69) is 63.8 Å². The van der Waals surface area contributed by atoms with Crippen molar-refractivity contribution < 1.29 is 52.3 Å². The summed E-state index contributed by atoms with van der Waals surface area (Å²) in [7, 11) is 0. The van der Waals surface area contributed by atoms with Crippen LogP contribution < -0.4 is 0 Å². The average Bonchev–Trinajstić information content (AvgIpc) is 3.28. The number of allylic oxidation sites excluding steroid dienone is 4. The number of hydrogen-bond donors (Lipinski definition) is 0. The van der Waals surface area contributed by atoms with Gasteiger partial charge in [0.1, 0.15) is 25.9 Å². The fourth-order valence-electron chi connectivity index (χ4n) is 6.96. The molecule has 0 radical (unpaired) electrons. The van der Waals surface area contributed by atoms with Gasteiger partial charge < -0.3 is 38.1 Å². The fourth-order valence-corrected chi connectivity index (χ4v) is 6.96. The van der Waals surface area contributed by atoms with E-state index in [9.17, 15) is 19.2 Å². The molecule has 0 aliphatic rings. The molecule has 0 aromatic heterocycles. The largest absolute Gasteiger partial charge is 0.508 e. The normalized spacial score (nSPS) is 12.0. The van der Waals surface area contributed by atoms with Crippen molar-refractivity contribution in [2.45, 2.75) is 214 Å². The summed E-state index contributed by atoms with van der Waals surface area (Å²) >= 11 is 0. The van der Waals surface area contributed by atoms with E-state index in [0.29, 0.717) is 6.42 Å². The van der Waals surface area contributed by atoms with Crippen LogP contribution in [0, 0.1) is 5.92 Å². The Labute approximate surface area is 384 Å². The van der Waals surface area contributed by atoms with Gasteiger partial charge in [-0.05, 0) is 83.7 Å². The van der Waals surface area contributed by atoms with Gasteiger partial charge in [0, 0.05) is 6.54 Å². The summed E-state index contributed by atoms with van der Waals surface area (Å²) in [5.74, 6) is -1.36. The number of carbonyl (C=O) groups excluding carboxylic acids is 4. The van der Waals surface area contributed by atoms with Crippen molar-refractivity contribution in [3.8, 4) is 0 Å². The van der Waals surface area contributed by atoms with Crippen molar-refractivity contribution in [3.05, 3.63) is 24.3 Å². The van der Waals surface area contributed by atoms with Crippen LogP contribution in [-0.2, 0) is 38.0 Å². The molecule has 0 amide bonds.